The van der Waals surface area contributed by atoms with Crippen molar-refractivity contribution in [1.29, 1.82) is 0 Å². The van der Waals surface area contributed by atoms with E-state index in [4.69, 9.17) is 21.1 Å². The number of nitrogens with zero attached hydrogens (tertiary/aromatic N) is 3. The maximum absolute atomic E-state index is 13.0. The Morgan fingerprint density at radius 1 is 1.28 bits per heavy atom. The Hall–Kier alpha value is -1.90. The summed E-state index contributed by atoms with van der Waals surface area (Å²) in [6.07, 6.45) is 2.09. The summed E-state index contributed by atoms with van der Waals surface area (Å²) in [6, 6.07) is 7.16. The molecular formula is C20H18Br2ClN3O3. The van der Waals surface area contributed by atoms with Gasteiger partial charge in [0.1, 0.15) is 10.8 Å². The average Bonchev–Trinajstić information content (AvgIpc) is 2.71. The second-order valence-electron chi connectivity index (χ2n) is 5.96. The first kappa shape index (κ1) is 21.8. The summed E-state index contributed by atoms with van der Waals surface area (Å²) >= 11 is 13.3. The highest BCUT2D eigenvalue weighted by Crippen LogP contribution is 2.42. The van der Waals surface area contributed by atoms with E-state index >= 15 is 0 Å². The van der Waals surface area contributed by atoms with Gasteiger partial charge in [-0.05, 0) is 47.1 Å². The fourth-order valence-corrected chi connectivity index (χ4v) is 3.85. The van der Waals surface area contributed by atoms with E-state index in [-0.39, 0.29) is 5.56 Å². The van der Waals surface area contributed by atoms with Gasteiger partial charge in [0.2, 0.25) is 0 Å². The maximum atomic E-state index is 13.0. The second-order valence-corrected chi connectivity index (χ2v) is 8.05. The van der Waals surface area contributed by atoms with Gasteiger partial charge in [0.25, 0.3) is 5.56 Å². The molecule has 0 saturated heterocycles. The molecule has 0 unspecified atom stereocenters. The third-order valence-corrected chi connectivity index (χ3v) is 6.10. The predicted molar refractivity (Wildman–Crippen MR) is 123 cm³/mol. The normalized spacial score (nSPS) is 11.4. The highest BCUT2D eigenvalue weighted by atomic mass is 79.9. The van der Waals surface area contributed by atoms with E-state index < -0.39 is 0 Å². The Kier molecular flexibility index (Phi) is 6.97. The van der Waals surface area contributed by atoms with Gasteiger partial charge in [0, 0.05) is 20.9 Å². The van der Waals surface area contributed by atoms with Crippen LogP contribution in [0.5, 0.6) is 11.5 Å². The van der Waals surface area contributed by atoms with Crippen LogP contribution in [-0.4, -0.2) is 29.6 Å². The summed E-state index contributed by atoms with van der Waals surface area (Å²) in [5.74, 6) is 1.48. The number of aromatic nitrogens is 2. The van der Waals surface area contributed by atoms with Crippen molar-refractivity contribution in [3.8, 4) is 11.5 Å². The Labute approximate surface area is 189 Å². The number of aryl methyl sites for hydroxylation is 1. The van der Waals surface area contributed by atoms with Crippen LogP contribution in [0.3, 0.4) is 0 Å². The van der Waals surface area contributed by atoms with Crippen molar-refractivity contribution in [2.45, 2.75) is 20.3 Å². The van der Waals surface area contributed by atoms with Crippen LogP contribution >= 0.6 is 43.5 Å². The number of hydrogen-bond acceptors (Lipinski definition) is 5. The number of ether oxygens (including phenoxy) is 2. The van der Waals surface area contributed by atoms with Crippen molar-refractivity contribution in [2.24, 2.45) is 5.10 Å². The molecule has 152 valence electrons. The highest BCUT2D eigenvalue weighted by molar-refractivity contribution is 9.10. The van der Waals surface area contributed by atoms with Crippen LogP contribution in [0.25, 0.3) is 10.9 Å². The first-order valence-electron chi connectivity index (χ1n) is 8.85. The average molecular weight is 544 g/mol. The zero-order chi connectivity index (χ0) is 21.1. The highest BCUT2D eigenvalue weighted by Gasteiger charge is 2.17. The van der Waals surface area contributed by atoms with Gasteiger partial charge in [-0.15, -0.1) is 0 Å². The molecule has 0 aliphatic heterocycles. The standard InChI is InChI=1S/C20H18Br2ClN3O3/c1-4-16-25-14-7-6-12(21)9-13(14)20(27)26(16)24-10-11-8-15(29-5-2)19(28-3)18(23)17(11)22/h6-10H,4-5H2,1-3H3. The van der Waals surface area contributed by atoms with E-state index in [1.807, 2.05) is 26.0 Å². The summed E-state index contributed by atoms with van der Waals surface area (Å²) < 4.78 is 13.7. The van der Waals surface area contributed by atoms with Gasteiger partial charge in [0.05, 0.1) is 30.8 Å². The number of methoxy groups -OCH3 is 1. The van der Waals surface area contributed by atoms with Gasteiger partial charge in [0.15, 0.2) is 11.5 Å². The van der Waals surface area contributed by atoms with E-state index in [1.165, 1.54) is 11.8 Å². The minimum Gasteiger partial charge on any atom is -0.491 e. The molecule has 0 N–H and O–H groups in total. The molecular weight excluding hydrogens is 525 g/mol. The van der Waals surface area contributed by atoms with E-state index in [9.17, 15) is 4.79 Å². The lowest BCUT2D eigenvalue weighted by Crippen LogP contribution is -2.22. The monoisotopic (exact) mass is 541 g/mol. The molecule has 0 aliphatic rings. The van der Waals surface area contributed by atoms with Crippen molar-refractivity contribution < 1.29 is 9.47 Å². The van der Waals surface area contributed by atoms with E-state index in [0.29, 0.717) is 56.3 Å². The van der Waals surface area contributed by atoms with Gasteiger partial charge in [-0.3, -0.25) is 4.79 Å². The lowest BCUT2D eigenvalue weighted by Gasteiger charge is -2.14. The van der Waals surface area contributed by atoms with Crippen molar-refractivity contribution >= 4 is 60.6 Å². The van der Waals surface area contributed by atoms with Crippen molar-refractivity contribution in [3.63, 3.8) is 0 Å². The Morgan fingerprint density at radius 2 is 2.03 bits per heavy atom. The molecule has 0 atom stereocenters. The third kappa shape index (κ3) is 4.34. The van der Waals surface area contributed by atoms with Gasteiger partial charge in [-0.1, -0.05) is 34.5 Å². The van der Waals surface area contributed by atoms with Crippen LogP contribution in [-0.2, 0) is 6.42 Å². The van der Waals surface area contributed by atoms with E-state index in [1.54, 1.807) is 18.3 Å². The molecule has 2 aromatic carbocycles. The molecule has 0 radical (unpaired) electrons. The van der Waals surface area contributed by atoms with Crippen molar-refractivity contribution in [2.75, 3.05) is 13.7 Å². The predicted octanol–water partition coefficient (Wildman–Crippen LogP) is 5.43. The first-order valence-corrected chi connectivity index (χ1v) is 10.8. The Bertz CT molecular complexity index is 1160. The summed E-state index contributed by atoms with van der Waals surface area (Å²) in [5, 5.41) is 5.25. The molecule has 0 saturated carbocycles. The first-order chi connectivity index (χ1) is 13.9. The molecule has 0 fully saturated rings. The lowest BCUT2D eigenvalue weighted by molar-refractivity contribution is 0.311. The van der Waals surface area contributed by atoms with Gasteiger partial charge >= 0.3 is 0 Å². The second kappa shape index (κ2) is 9.28. The summed E-state index contributed by atoms with van der Waals surface area (Å²) in [6.45, 7) is 4.24. The number of benzene rings is 2. The summed E-state index contributed by atoms with van der Waals surface area (Å²) in [7, 11) is 1.52. The van der Waals surface area contributed by atoms with Gasteiger partial charge in [-0.2, -0.15) is 9.78 Å². The number of rotatable bonds is 6. The smallest absolute Gasteiger partial charge is 0.282 e. The minimum absolute atomic E-state index is 0.245. The molecule has 3 aromatic rings. The number of fused-ring (bicyclic) bond motifs is 1. The van der Waals surface area contributed by atoms with E-state index in [2.05, 4.69) is 41.9 Å². The number of halogens is 3. The summed E-state index contributed by atoms with van der Waals surface area (Å²) in [5.41, 5.74) is 1.03. The van der Waals surface area contributed by atoms with Crippen molar-refractivity contribution in [3.05, 3.63) is 60.0 Å². The van der Waals surface area contributed by atoms with Crippen LogP contribution in [0, 0.1) is 0 Å². The number of hydrogen-bond donors (Lipinski definition) is 0. The van der Waals surface area contributed by atoms with Crippen molar-refractivity contribution in [1.82, 2.24) is 9.66 Å². The maximum Gasteiger partial charge on any atom is 0.282 e. The Morgan fingerprint density at radius 3 is 2.69 bits per heavy atom. The molecule has 29 heavy (non-hydrogen) atoms. The molecule has 0 amide bonds. The van der Waals surface area contributed by atoms with Gasteiger partial charge < -0.3 is 9.47 Å². The molecule has 3 rings (SSSR count). The summed E-state index contributed by atoms with van der Waals surface area (Å²) in [4.78, 5) is 17.6. The largest absolute Gasteiger partial charge is 0.491 e. The molecule has 1 heterocycles. The van der Waals surface area contributed by atoms with Crippen LogP contribution in [0.4, 0.5) is 0 Å². The molecule has 0 bridgehead atoms. The lowest BCUT2D eigenvalue weighted by atomic mass is 10.2. The minimum atomic E-state index is -0.245. The SMILES string of the molecule is CCOc1cc(C=Nn2c(CC)nc3ccc(Br)cc3c2=O)c(Br)c(Cl)c1OC. The fourth-order valence-electron chi connectivity index (χ4n) is 2.81. The fraction of sp³-hybridized carbons (Fsp3) is 0.250. The molecule has 0 spiro atoms. The van der Waals surface area contributed by atoms with Gasteiger partial charge in [-0.25, -0.2) is 4.98 Å². The topological polar surface area (TPSA) is 65.7 Å². The zero-order valence-corrected chi connectivity index (χ0v) is 19.9. The Balaban J connectivity index is 2.16. The van der Waals surface area contributed by atoms with Crippen LogP contribution in [0.15, 0.2) is 43.1 Å². The molecule has 9 heteroatoms. The third-order valence-electron chi connectivity index (χ3n) is 4.16. The van der Waals surface area contributed by atoms with Crippen LogP contribution < -0.4 is 15.0 Å². The quantitative estimate of drug-likeness (QED) is 0.389. The van der Waals surface area contributed by atoms with Crippen LogP contribution in [0.2, 0.25) is 5.02 Å². The van der Waals surface area contributed by atoms with Crippen LogP contribution in [0.1, 0.15) is 25.2 Å². The van der Waals surface area contributed by atoms with E-state index in [0.717, 1.165) is 4.47 Å². The molecule has 1 aromatic heterocycles. The molecule has 6 nitrogen and oxygen atoms in total. The zero-order valence-electron chi connectivity index (χ0n) is 16.0. The molecule has 0 aliphatic carbocycles.